The van der Waals surface area contributed by atoms with Crippen LogP contribution in [0.15, 0.2) is 36.4 Å². The molecule has 2 aliphatic rings. The van der Waals surface area contributed by atoms with Crippen molar-refractivity contribution in [3.05, 3.63) is 70.3 Å². The standard InChI is InChI=1S/C26H32F2O2/c1-3-4-18-6-8-19(9-7-18)20-10-13-23(29-15-20)24-14-11-21(16-30-24)22-12-5-17(2)25(27)26(22)28/h5-9,12,20-21,23-24H,3-4,10-11,13-16H2,1-2H3. The summed E-state index contributed by atoms with van der Waals surface area (Å²) in [7, 11) is 0. The van der Waals surface area contributed by atoms with Gasteiger partial charge in [-0.3, -0.25) is 0 Å². The van der Waals surface area contributed by atoms with E-state index in [9.17, 15) is 8.78 Å². The van der Waals surface area contributed by atoms with E-state index in [4.69, 9.17) is 9.47 Å². The monoisotopic (exact) mass is 414 g/mol. The fraction of sp³-hybridized carbons (Fsp3) is 0.538. The van der Waals surface area contributed by atoms with Gasteiger partial charge in [-0.1, -0.05) is 49.7 Å². The molecular formula is C26H32F2O2. The second-order valence-electron chi connectivity index (χ2n) is 8.88. The van der Waals surface area contributed by atoms with Crippen LogP contribution in [-0.4, -0.2) is 25.4 Å². The number of aryl methyl sites for hydroxylation is 2. The van der Waals surface area contributed by atoms with Gasteiger partial charge in [0.15, 0.2) is 11.6 Å². The lowest BCUT2D eigenvalue weighted by Gasteiger charge is -2.38. The van der Waals surface area contributed by atoms with Crippen LogP contribution in [0.5, 0.6) is 0 Å². The number of benzene rings is 2. The summed E-state index contributed by atoms with van der Waals surface area (Å²) in [5.41, 5.74) is 3.53. The maximum absolute atomic E-state index is 14.3. The van der Waals surface area contributed by atoms with Gasteiger partial charge in [0.05, 0.1) is 25.4 Å². The van der Waals surface area contributed by atoms with Gasteiger partial charge in [0.2, 0.25) is 0 Å². The van der Waals surface area contributed by atoms with E-state index in [2.05, 4.69) is 31.2 Å². The maximum atomic E-state index is 14.3. The molecule has 2 aromatic carbocycles. The smallest absolute Gasteiger partial charge is 0.162 e. The van der Waals surface area contributed by atoms with E-state index in [1.54, 1.807) is 19.1 Å². The molecule has 0 bridgehead atoms. The minimum Gasteiger partial charge on any atom is -0.375 e. The number of hydrogen-bond acceptors (Lipinski definition) is 2. The van der Waals surface area contributed by atoms with Crippen LogP contribution in [0.2, 0.25) is 0 Å². The van der Waals surface area contributed by atoms with Crippen LogP contribution >= 0.6 is 0 Å². The first-order valence-corrected chi connectivity index (χ1v) is 11.3. The summed E-state index contributed by atoms with van der Waals surface area (Å²) in [4.78, 5) is 0. The summed E-state index contributed by atoms with van der Waals surface area (Å²) in [6.07, 6.45) is 6.13. The Balaban J connectivity index is 1.29. The molecule has 2 aromatic rings. The lowest BCUT2D eigenvalue weighted by molar-refractivity contribution is -0.116. The molecule has 2 heterocycles. The molecule has 4 rings (SSSR count). The first-order valence-electron chi connectivity index (χ1n) is 11.3. The van der Waals surface area contributed by atoms with E-state index in [0.717, 1.165) is 38.7 Å². The highest BCUT2D eigenvalue weighted by molar-refractivity contribution is 5.29. The van der Waals surface area contributed by atoms with Crippen LogP contribution in [0.3, 0.4) is 0 Å². The molecule has 2 saturated heterocycles. The van der Waals surface area contributed by atoms with Crippen molar-refractivity contribution >= 4 is 0 Å². The van der Waals surface area contributed by atoms with Gasteiger partial charge in [-0.15, -0.1) is 0 Å². The van der Waals surface area contributed by atoms with E-state index < -0.39 is 11.6 Å². The predicted octanol–water partition coefficient (Wildman–Crippen LogP) is 6.45. The Bertz CT molecular complexity index is 833. The van der Waals surface area contributed by atoms with E-state index in [1.165, 1.54) is 17.5 Å². The third-order valence-corrected chi connectivity index (χ3v) is 6.77. The van der Waals surface area contributed by atoms with Crippen LogP contribution in [0.1, 0.15) is 73.1 Å². The molecule has 0 N–H and O–H groups in total. The van der Waals surface area contributed by atoms with Crippen molar-refractivity contribution in [2.24, 2.45) is 0 Å². The molecule has 4 heteroatoms. The normalized spacial score (nSPS) is 27.2. The summed E-state index contributed by atoms with van der Waals surface area (Å²) in [6.45, 7) is 4.93. The predicted molar refractivity (Wildman–Crippen MR) is 115 cm³/mol. The third-order valence-electron chi connectivity index (χ3n) is 6.77. The van der Waals surface area contributed by atoms with Gasteiger partial charge in [-0.25, -0.2) is 8.78 Å². The van der Waals surface area contributed by atoms with Crippen molar-refractivity contribution in [2.45, 2.75) is 76.4 Å². The van der Waals surface area contributed by atoms with Gasteiger partial charge in [0, 0.05) is 11.8 Å². The molecule has 0 amide bonds. The summed E-state index contributed by atoms with van der Waals surface area (Å²) < 4.78 is 40.5. The van der Waals surface area contributed by atoms with Crippen molar-refractivity contribution < 1.29 is 18.3 Å². The lowest BCUT2D eigenvalue weighted by atomic mass is 9.85. The average Bonchev–Trinajstić information content (AvgIpc) is 2.79. The first kappa shape index (κ1) is 21.5. The Morgan fingerprint density at radius 2 is 1.43 bits per heavy atom. The summed E-state index contributed by atoms with van der Waals surface area (Å²) >= 11 is 0. The molecular weight excluding hydrogens is 382 g/mol. The fourth-order valence-electron chi connectivity index (χ4n) is 4.86. The van der Waals surface area contributed by atoms with Gasteiger partial charge in [0.25, 0.3) is 0 Å². The summed E-state index contributed by atoms with van der Waals surface area (Å²) in [6, 6.07) is 12.3. The van der Waals surface area contributed by atoms with Gasteiger partial charge in [-0.05, 0) is 61.3 Å². The van der Waals surface area contributed by atoms with Crippen molar-refractivity contribution in [3.8, 4) is 0 Å². The second-order valence-corrected chi connectivity index (χ2v) is 8.88. The number of ether oxygens (including phenoxy) is 2. The van der Waals surface area contributed by atoms with E-state index in [1.807, 2.05) is 0 Å². The summed E-state index contributed by atoms with van der Waals surface area (Å²) in [5, 5.41) is 0. The molecule has 2 fully saturated rings. The molecule has 0 aliphatic carbocycles. The van der Waals surface area contributed by atoms with Gasteiger partial charge in [0.1, 0.15) is 0 Å². The van der Waals surface area contributed by atoms with Crippen LogP contribution < -0.4 is 0 Å². The van der Waals surface area contributed by atoms with Crippen molar-refractivity contribution in [1.29, 1.82) is 0 Å². The fourth-order valence-corrected chi connectivity index (χ4v) is 4.86. The topological polar surface area (TPSA) is 18.5 Å². The number of hydrogen-bond donors (Lipinski definition) is 0. The Kier molecular flexibility index (Phi) is 6.84. The highest BCUT2D eigenvalue weighted by Crippen LogP contribution is 2.36. The minimum atomic E-state index is -0.737. The SMILES string of the molecule is CCCc1ccc(C2CCC(C3CCC(c4ccc(C)c(F)c4F)CO3)OC2)cc1. The van der Waals surface area contributed by atoms with Crippen LogP contribution in [0.25, 0.3) is 0 Å². The molecule has 0 spiro atoms. The minimum absolute atomic E-state index is 0.0486. The first-order chi connectivity index (χ1) is 14.6. The highest BCUT2D eigenvalue weighted by Gasteiger charge is 2.34. The Hall–Kier alpha value is -1.78. The number of rotatable bonds is 5. The molecule has 0 radical (unpaired) electrons. The highest BCUT2D eigenvalue weighted by atomic mass is 19.2. The zero-order valence-electron chi connectivity index (χ0n) is 18.0. The van der Waals surface area contributed by atoms with Gasteiger partial charge >= 0.3 is 0 Å². The largest absolute Gasteiger partial charge is 0.375 e. The molecule has 0 aromatic heterocycles. The van der Waals surface area contributed by atoms with Crippen LogP contribution in [-0.2, 0) is 15.9 Å². The molecule has 4 atom stereocenters. The molecule has 30 heavy (non-hydrogen) atoms. The molecule has 4 unspecified atom stereocenters. The van der Waals surface area contributed by atoms with Gasteiger partial charge in [-0.2, -0.15) is 0 Å². The van der Waals surface area contributed by atoms with E-state index in [0.29, 0.717) is 23.7 Å². The third kappa shape index (κ3) is 4.60. The quantitative estimate of drug-likeness (QED) is 0.560. The van der Waals surface area contributed by atoms with Gasteiger partial charge < -0.3 is 9.47 Å². The Labute approximate surface area is 178 Å². The van der Waals surface area contributed by atoms with Crippen molar-refractivity contribution in [2.75, 3.05) is 13.2 Å². The van der Waals surface area contributed by atoms with E-state index in [-0.39, 0.29) is 18.1 Å². The summed E-state index contributed by atoms with van der Waals surface area (Å²) in [5.74, 6) is -1.10. The van der Waals surface area contributed by atoms with E-state index >= 15 is 0 Å². The zero-order chi connectivity index (χ0) is 21.1. The Morgan fingerprint density at radius 3 is 2.00 bits per heavy atom. The van der Waals surface area contributed by atoms with Crippen molar-refractivity contribution in [1.82, 2.24) is 0 Å². The molecule has 162 valence electrons. The molecule has 2 nitrogen and oxygen atoms in total. The zero-order valence-corrected chi connectivity index (χ0v) is 18.0. The maximum Gasteiger partial charge on any atom is 0.162 e. The molecule has 2 aliphatic heterocycles. The second kappa shape index (κ2) is 9.57. The van der Waals surface area contributed by atoms with Crippen LogP contribution in [0, 0.1) is 18.6 Å². The Morgan fingerprint density at radius 1 is 0.800 bits per heavy atom. The van der Waals surface area contributed by atoms with Crippen LogP contribution in [0.4, 0.5) is 8.78 Å². The molecule has 0 saturated carbocycles. The number of halogens is 2. The van der Waals surface area contributed by atoms with Crippen molar-refractivity contribution in [3.63, 3.8) is 0 Å². The lowest BCUT2D eigenvalue weighted by Crippen LogP contribution is -2.40. The average molecular weight is 415 g/mol.